The Bertz CT molecular complexity index is 313. The van der Waals surface area contributed by atoms with Gasteiger partial charge in [0.15, 0.2) is 5.78 Å². The molecule has 2 rings (SSSR count). The van der Waals surface area contributed by atoms with Crippen molar-refractivity contribution in [3.05, 3.63) is 17.8 Å². The highest BCUT2D eigenvalue weighted by molar-refractivity contribution is 5.91. The minimum absolute atomic E-state index is 0.0482. The summed E-state index contributed by atoms with van der Waals surface area (Å²) in [7, 11) is 0. The summed E-state index contributed by atoms with van der Waals surface area (Å²) in [6.45, 7) is 2.49. The van der Waals surface area contributed by atoms with E-state index in [2.05, 4.69) is 10.3 Å². The van der Waals surface area contributed by atoms with Crippen LogP contribution in [0.1, 0.15) is 42.2 Å². The summed E-state index contributed by atoms with van der Waals surface area (Å²) in [5, 5.41) is 3.26. The molecule has 0 saturated carbocycles. The smallest absolute Gasteiger partial charge is 0.211 e. The van der Waals surface area contributed by atoms with Crippen LogP contribution in [0.4, 0.5) is 0 Å². The molecule has 2 heterocycles. The first-order valence-electron chi connectivity index (χ1n) is 4.47. The monoisotopic (exact) mass is 180 g/mol. The van der Waals surface area contributed by atoms with E-state index >= 15 is 0 Å². The van der Waals surface area contributed by atoms with Gasteiger partial charge in [0.1, 0.15) is 12.0 Å². The number of Topliss-reactive ketones (excluding diaryl/α,β-unsaturated/α-hetero) is 1. The van der Waals surface area contributed by atoms with Crippen molar-refractivity contribution in [1.82, 2.24) is 10.3 Å². The zero-order chi connectivity index (χ0) is 9.26. The molecule has 13 heavy (non-hydrogen) atoms. The SMILES string of the molecule is CC(=O)c1coc(C2CCCN2)n1. The molecule has 0 aromatic carbocycles. The second-order valence-corrected chi connectivity index (χ2v) is 3.28. The van der Waals surface area contributed by atoms with Crippen LogP contribution < -0.4 is 5.32 Å². The maximum Gasteiger partial charge on any atom is 0.211 e. The van der Waals surface area contributed by atoms with E-state index in [0.717, 1.165) is 19.4 Å². The number of oxazole rings is 1. The number of hydrogen-bond donors (Lipinski definition) is 1. The largest absolute Gasteiger partial charge is 0.446 e. The van der Waals surface area contributed by atoms with Crippen molar-refractivity contribution in [2.45, 2.75) is 25.8 Å². The number of carbonyl (C=O) groups is 1. The quantitative estimate of drug-likeness (QED) is 0.697. The van der Waals surface area contributed by atoms with Crippen LogP contribution in [0.3, 0.4) is 0 Å². The molecule has 1 atom stereocenters. The van der Waals surface area contributed by atoms with E-state index in [1.807, 2.05) is 0 Å². The summed E-state index contributed by atoms with van der Waals surface area (Å²) < 4.78 is 5.22. The van der Waals surface area contributed by atoms with Gasteiger partial charge in [-0.3, -0.25) is 4.79 Å². The minimum atomic E-state index is -0.0482. The molecule has 4 nitrogen and oxygen atoms in total. The van der Waals surface area contributed by atoms with E-state index in [1.165, 1.54) is 13.2 Å². The second-order valence-electron chi connectivity index (χ2n) is 3.28. The molecule has 1 aliphatic heterocycles. The van der Waals surface area contributed by atoms with Gasteiger partial charge in [0, 0.05) is 6.92 Å². The van der Waals surface area contributed by atoms with E-state index in [1.54, 1.807) is 0 Å². The first-order chi connectivity index (χ1) is 6.27. The summed E-state index contributed by atoms with van der Waals surface area (Å²) >= 11 is 0. The van der Waals surface area contributed by atoms with Crippen molar-refractivity contribution in [2.24, 2.45) is 0 Å². The Kier molecular flexibility index (Phi) is 2.14. The van der Waals surface area contributed by atoms with E-state index in [4.69, 9.17) is 4.42 Å². The van der Waals surface area contributed by atoms with Crippen molar-refractivity contribution >= 4 is 5.78 Å². The Hall–Kier alpha value is -1.16. The summed E-state index contributed by atoms with van der Waals surface area (Å²) in [5.74, 6) is 0.593. The molecule has 0 amide bonds. The van der Waals surface area contributed by atoms with E-state index in [0.29, 0.717) is 11.6 Å². The summed E-state index contributed by atoms with van der Waals surface area (Å²) in [5.41, 5.74) is 0.420. The highest BCUT2D eigenvalue weighted by Gasteiger charge is 2.21. The van der Waals surface area contributed by atoms with Gasteiger partial charge in [-0.05, 0) is 19.4 Å². The maximum atomic E-state index is 10.9. The topological polar surface area (TPSA) is 55.1 Å². The van der Waals surface area contributed by atoms with Gasteiger partial charge in [0.2, 0.25) is 5.89 Å². The second kappa shape index (κ2) is 3.30. The Balaban J connectivity index is 2.16. The number of aromatic nitrogens is 1. The third kappa shape index (κ3) is 1.62. The van der Waals surface area contributed by atoms with Crippen molar-refractivity contribution in [2.75, 3.05) is 6.54 Å². The molecule has 1 saturated heterocycles. The molecule has 0 radical (unpaired) electrons. The Morgan fingerprint density at radius 3 is 3.15 bits per heavy atom. The number of nitrogens with zero attached hydrogens (tertiary/aromatic N) is 1. The molecule has 70 valence electrons. The van der Waals surface area contributed by atoms with E-state index in [9.17, 15) is 4.79 Å². The van der Waals surface area contributed by atoms with Crippen LogP contribution in [-0.2, 0) is 0 Å². The Morgan fingerprint density at radius 2 is 2.62 bits per heavy atom. The Labute approximate surface area is 76.3 Å². The average Bonchev–Trinajstić information content (AvgIpc) is 2.75. The molecular weight excluding hydrogens is 168 g/mol. The van der Waals surface area contributed by atoms with Crippen LogP contribution in [-0.4, -0.2) is 17.3 Å². The predicted molar refractivity (Wildman–Crippen MR) is 46.5 cm³/mol. The molecule has 4 heteroatoms. The Morgan fingerprint density at radius 1 is 1.77 bits per heavy atom. The third-order valence-electron chi connectivity index (χ3n) is 2.24. The normalized spacial score (nSPS) is 22.1. The molecular formula is C9H12N2O2. The van der Waals surface area contributed by atoms with Gasteiger partial charge in [0.05, 0.1) is 6.04 Å². The molecule has 0 spiro atoms. The summed E-state index contributed by atoms with van der Waals surface area (Å²) in [6, 6.07) is 0.202. The first-order valence-corrected chi connectivity index (χ1v) is 4.47. The van der Waals surface area contributed by atoms with Crippen molar-refractivity contribution in [3.8, 4) is 0 Å². The number of hydrogen-bond acceptors (Lipinski definition) is 4. The van der Waals surface area contributed by atoms with Gasteiger partial charge in [-0.15, -0.1) is 0 Å². The fraction of sp³-hybridized carbons (Fsp3) is 0.556. The molecule has 1 aromatic heterocycles. The first kappa shape index (κ1) is 8.44. The highest BCUT2D eigenvalue weighted by Crippen LogP contribution is 2.22. The predicted octanol–water partition coefficient (Wildman–Crippen LogP) is 1.30. The highest BCUT2D eigenvalue weighted by atomic mass is 16.3. The fourth-order valence-corrected chi connectivity index (χ4v) is 1.50. The van der Waals surface area contributed by atoms with Crippen LogP contribution >= 0.6 is 0 Å². The number of rotatable bonds is 2. The van der Waals surface area contributed by atoms with Crippen molar-refractivity contribution < 1.29 is 9.21 Å². The van der Waals surface area contributed by atoms with Gasteiger partial charge in [-0.25, -0.2) is 4.98 Å². The van der Waals surface area contributed by atoms with Crippen LogP contribution in [0.15, 0.2) is 10.7 Å². The fourth-order valence-electron chi connectivity index (χ4n) is 1.50. The van der Waals surface area contributed by atoms with E-state index < -0.39 is 0 Å². The van der Waals surface area contributed by atoms with Gasteiger partial charge in [-0.2, -0.15) is 0 Å². The molecule has 1 N–H and O–H groups in total. The van der Waals surface area contributed by atoms with Crippen molar-refractivity contribution in [1.29, 1.82) is 0 Å². The standard InChI is InChI=1S/C9H12N2O2/c1-6(12)8-5-13-9(11-8)7-3-2-4-10-7/h5,7,10H,2-4H2,1H3. The minimum Gasteiger partial charge on any atom is -0.446 e. The zero-order valence-corrected chi connectivity index (χ0v) is 7.54. The lowest BCUT2D eigenvalue weighted by atomic mass is 10.2. The molecule has 0 bridgehead atoms. The molecule has 1 fully saturated rings. The summed E-state index contributed by atoms with van der Waals surface area (Å²) in [6.07, 6.45) is 3.61. The number of carbonyl (C=O) groups excluding carboxylic acids is 1. The van der Waals surface area contributed by atoms with Gasteiger partial charge in [-0.1, -0.05) is 0 Å². The lowest BCUT2D eigenvalue weighted by molar-refractivity contribution is 0.101. The van der Waals surface area contributed by atoms with E-state index in [-0.39, 0.29) is 11.8 Å². The lowest BCUT2D eigenvalue weighted by Crippen LogP contribution is -2.13. The zero-order valence-electron chi connectivity index (χ0n) is 7.54. The van der Waals surface area contributed by atoms with Crippen LogP contribution in [0, 0.1) is 0 Å². The van der Waals surface area contributed by atoms with Gasteiger partial charge < -0.3 is 9.73 Å². The molecule has 1 unspecified atom stereocenters. The van der Waals surface area contributed by atoms with Gasteiger partial charge >= 0.3 is 0 Å². The van der Waals surface area contributed by atoms with Crippen molar-refractivity contribution in [3.63, 3.8) is 0 Å². The third-order valence-corrected chi connectivity index (χ3v) is 2.24. The lowest BCUT2D eigenvalue weighted by Gasteiger charge is -2.02. The molecule has 1 aliphatic rings. The maximum absolute atomic E-state index is 10.9. The van der Waals surface area contributed by atoms with Crippen LogP contribution in [0.25, 0.3) is 0 Å². The number of nitrogens with one attached hydrogen (secondary N) is 1. The van der Waals surface area contributed by atoms with Crippen LogP contribution in [0.2, 0.25) is 0 Å². The average molecular weight is 180 g/mol. The van der Waals surface area contributed by atoms with Gasteiger partial charge in [0.25, 0.3) is 0 Å². The number of ketones is 1. The summed E-state index contributed by atoms with van der Waals surface area (Å²) in [4.78, 5) is 15.0. The molecule has 1 aromatic rings. The van der Waals surface area contributed by atoms with Crippen LogP contribution in [0.5, 0.6) is 0 Å². The molecule has 0 aliphatic carbocycles.